The Morgan fingerprint density at radius 2 is 1.61 bits per heavy atom. The highest BCUT2D eigenvalue weighted by molar-refractivity contribution is 6.03. The number of para-hydroxylation sites is 1. The highest BCUT2D eigenvalue weighted by atomic mass is 16.5. The lowest BCUT2D eigenvalue weighted by Crippen LogP contribution is -2.51. The van der Waals surface area contributed by atoms with Crippen LogP contribution in [0.3, 0.4) is 0 Å². The first-order valence-electron chi connectivity index (χ1n) is 16.1. The van der Waals surface area contributed by atoms with E-state index in [1.807, 2.05) is 111 Å². The van der Waals surface area contributed by atoms with Crippen molar-refractivity contribution in [3.8, 4) is 11.5 Å². The summed E-state index contributed by atoms with van der Waals surface area (Å²) in [5, 5.41) is 3.07. The fraction of sp³-hybridized carbons (Fsp3) is 0.378. The topological polar surface area (TPSA) is 85.4 Å². The molecule has 5 rings (SSSR count). The van der Waals surface area contributed by atoms with Gasteiger partial charge in [-0.05, 0) is 68.8 Å². The summed E-state index contributed by atoms with van der Waals surface area (Å²) in [5.41, 5.74) is 2.93. The molecule has 2 atom stereocenters. The summed E-state index contributed by atoms with van der Waals surface area (Å²) < 4.78 is 6.08. The molecule has 9 nitrogen and oxygen atoms in total. The van der Waals surface area contributed by atoms with Gasteiger partial charge in [-0.25, -0.2) is 4.79 Å². The minimum atomic E-state index is -0.675. The molecule has 0 spiro atoms. The number of amides is 4. The van der Waals surface area contributed by atoms with Gasteiger partial charge in [-0.1, -0.05) is 74.5 Å². The molecular weight excluding hydrogens is 578 g/mol. The molecule has 9 heteroatoms. The van der Waals surface area contributed by atoms with Crippen LogP contribution in [0, 0.1) is 5.92 Å². The lowest BCUT2D eigenvalue weighted by molar-refractivity contribution is -0.144. The first-order valence-corrected chi connectivity index (χ1v) is 16.1. The van der Waals surface area contributed by atoms with Gasteiger partial charge in [0, 0.05) is 26.2 Å². The van der Waals surface area contributed by atoms with Gasteiger partial charge >= 0.3 is 6.03 Å². The smallest absolute Gasteiger partial charge is 0.322 e. The van der Waals surface area contributed by atoms with Crippen LogP contribution >= 0.6 is 0 Å². The van der Waals surface area contributed by atoms with Gasteiger partial charge in [-0.15, -0.1) is 0 Å². The van der Waals surface area contributed by atoms with Crippen molar-refractivity contribution in [2.75, 3.05) is 40.3 Å². The molecule has 0 radical (unpaired) electrons. The second-order valence-electron chi connectivity index (χ2n) is 12.6. The van der Waals surface area contributed by atoms with E-state index in [0.717, 1.165) is 11.1 Å². The van der Waals surface area contributed by atoms with Crippen molar-refractivity contribution in [2.45, 2.75) is 45.8 Å². The van der Waals surface area contributed by atoms with Crippen molar-refractivity contribution in [3.05, 3.63) is 107 Å². The van der Waals surface area contributed by atoms with Crippen molar-refractivity contribution in [1.29, 1.82) is 0 Å². The molecule has 0 saturated carbocycles. The lowest BCUT2D eigenvalue weighted by atomic mass is 9.95. The van der Waals surface area contributed by atoms with E-state index in [0.29, 0.717) is 55.4 Å². The van der Waals surface area contributed by atoms with Gasteiger partial charge in [0.25, 0.3) is 5.91 Å². The third kappa shape index (κ3) is 7.42. The molecule has 3 aromatic carbocycles. The van der Waals surface area contributed by atoms with Gasteiger partial charge in [0.15, 0.2) is 0 Å². The van der Waals surface area contributed by atoms with E-state index in [2.05, 4.69) is 24.1 Å². The van der Waals surface area contributed by atoms with Crippen LogP contribution in [0.15, 0.2) is 96.2 Å². The van der Waals surface area contributed by atoms with E-state index < -0.39 is 12.1 Å². The van der Waals surface area contributed by atoms with Crippen LogP contribution in [0.1, 0.15) is 44.4 Å². The molecule has 0 aromatic heterocycles. The third-order valence-corrected chi connectivity index (χ3v) is 8.44. The Morgan fingerprint density at radius 1 is 0.935 bits per heavy atom. The zero-order chi connectivity index (χ0) is 32.8. The highest BCUT2D eigenvalue weighted by Gasteiger charge is 2.47. The monoisotopic (exact) mass is 623 g/mol. The maximum Gasteiger partial charge on any atom is 0.322 e. The molecule has 2 heterocycles. The van der Waals surface area contributed by atoms with Crippen molar-refractivity contribution in [1.82, 2.24) is 24.9 Å². The molecule has 4 amide bonds. The van der Waals surface area contributed by atoms with Crippen LogP contribution in [0.25, 0.3) is 0 Å². The zero-order valence-corrected chi connectivity index (χ0v) is 27.5. The highest BCUT2D eigenvalue weighted by Crippen LogP contribution is 2.39. The Bertz CT molecular complexity index is 1560. The first-order chi connectivity index (χ1) is 22.2. The molecule has 0 unspecified atom stereocenters. The molecule has 2 aliphatic heterocycles. The van der Waals surface area contributed by atoms with Gasteiger partial charge < -0.3 is 24.8 Å². The van der Waals surface area contributed by atoms with E-state index in [9.17, 15) is 14.4 Å². The summed E-state index contributed by atoms with van der Waals surface area (Å²) in [5.74, 6) is 1.16. The summed E-state index contributed by atoms with van der Waals surface area (Å²) in [6.07, 6.45) is 0.511. The Balaban J connectivity index is 1.47. The minimum Gasteiger partial charge on any atom is -0.457 e. The number of urea groups is 1. The lowest BCUT2D eigenvalue weighted by Gasteiger charge is -2.34. The van der Waals surface area contributed by atoms with Crippen LogP contribution in [-0.4, -0.2) is 83.8 Å². The van der Waals surface area contributed by atoms with E-state index in [1.54, 1.807) is 9.80 Å². The van der Waals surface area contributed by atoms with Crippen LogP contribution in [0.2, 0.25) is 0 Å². The number of nitrogens with one attached hydrogen (secondary N) is 1. The second-order valence-corrected chi connectivity index (χ2v) is 12.6. The summed E-state index contributed by atoms with van der Waals surface area (Å²) in [6.45, 7) is 8.31. The summed E-state index contributed by atoms with van der Waals surface area (Å²) >= 11 is 0. The maximum atomic E-state index is 14.5. The van der Waals surface area contributed by atoms with Crippen molar-refractivity contribution >= 4 is 17.8 Å². The van der Waals surface area contributed by atoms with Crippen LogP contribution < -0.4 is 10.1 Å². The largest absolute Gasteiger partial charge is 0.457 e. The summed E-state index contributed by atoms with van der Waals surface area (Å²) in [6, 6.07) is 25.3. The van der Waals surface area contributed by atoms with Crippen molar-refractivity contribution in [2.24, 2.45) is 5.92 Å². The van der Waals surface area contributed by atoms with Crippen LogP contribution in [0.4, 0.5) is 4.79 Å². The number of nitrogens with zero attached hydrogens (tertiary/aromatic N) is 4. The minimum absolute atomic E-state index is 0.0789. The third-order valence-electron chi connectivity index (χ3n) is 8.44. The number of hydrogen-bond acceptors (Lipinski definition) is 5. The fourth-order valence-corrected chi connectivity index (χ4v) is 6.14. The molecule has 242 valence electrons. The van der Waals surface area contributed by atoms with E-state index >= 15 is 0 Å². The van der Waals surface area contributed by atoms with Crippen molar-refractivity contribution in [3.63, 3.8) is 0 Å². The molecule has 46 heavy (non-hydrogen) atoms. The van der Waals surface area contributed by atoms with E-state index in [4.69, 9.17) is 4.74 Å². The average molecular weight is 624 g/mol. The van der Waals surface area contributed by atoms with E-state index in [1.165, 1.54) is 0 Å². The van der Waals surface area contributed by atoms with Gasteiger partial charge in [0.1, 0.15) is 17.5 Å². The fourth-order valence-electron chi connectivity index (χ4n) is 6.14. The van der Waals surface area contributed by atoms with Crippen molar-refractivity contribution < 1.29 is 19.1 Å². The molecule has 0 saturated heterocycles. The Kier molecular flexibility index (Phi) is 10.4. The first kappa shape index (κ1) is 32.8. The molecular formula is C37H45N5O4. The molecule has 0 fully saturated rings. The zero-order valence-electron chi connectivity index (χ0n) is 27.5. The molecule has 0 aliphatic carbocycles. The Hall–Kier alpha value is -4.63. The van der Waals surface area contributed by atoms with Crippen LogP contribution in [0.5, 0.6) is 11.5 Å². The van der Waals surface area contributed by atoms with Gasteiger partial charge in [-0.3, -0.25) is 14.5 Å². The molecule has 3 aromatic rings. The Labute approximate surface area is 272 Å². The van der Waals surface area contributed by atoms with E-state index in [-0.39, 0.29) is 30.3 Å². The number of rotatable bonds is 13. The maximum absolute atomic E-state index is 14.5. The predicted molar refractivity (Wildman–Crippen MR) is 179 cm³/mol. The Morgan fingerprint density at radius 3 is 2.26 bits per heavy atom. The number of hydrogen-bond donors (Lipinski definition) is 1. The molecule has 2 aliphatic rings. The SMILES string of the molecule is CCN1C(=O)N[C@H](c2cccc(Oc3ccccc3)c2)C2=C1CN([C@@H](CC(C)C)C(=O)N(CCN(C)C)Cc1ccccc1)C2=O. The van der Waals surface area contributed by atoms with Gasteiger partial charge in [0.05, 0.1) is 23.9 Å². The number of carbonyl (C=O) groups is 3. The summed E-state index contributed by atoms with van der Waals surface area (Å²) in [7, 11) is 3.98. The number of carbonyl (C=O) groups excluding carboxylic acids is 3. The standard InChI is InChI=1S/C37H45N5O4/c1-6-41-32-25-42(31(22-26(2)3)35(43)40(21-20-39(4)5)24-27-14-9-7-10-15-27)36(44)33(32)34(38-37(41)45)28-16-13-19-30(23-28)46-29-17-11-8-12-18-29/h7-19,23,26,31,34H,6,20-22,24-25H2,1-5H3,(H,38,45)/t31-,34+/m0/s1. The molecule has 1 N–H and O–H groups in total. The average Bonchev–Trinajstić information content (AvgIpc) is 3.38. The molecule has 0 bridgehead atoms. The van der Waals surface area contributed by atoms with Gasteiger partial charge in [-0.2, -0.15) is 0 Å². The quantitative estimate of drug-likeness (QED) is 0.265. The normalized spacial score (nSPS) is 17.0. The number of benzene rings is 3. The predicted octanol–water partition coefficient (Wildman–Crippen LogP) is 5.67. The number of ether oxygens (including phenoxy) is 1. The second kappa shape index (κ2) is 14.6. The number of likely N-dealkylation sites (N-methyl/N-ethyl adjacent to an activating group) is 2. The summed E-state index contributed by atoms with van der Waals surface area (Å²) in [4.78, 5) is 49.7. The van der Waals surface area contributed by atoms with Gasteiger partial charge in [0.2, 0.25) is 5.91 Å². The van der Waals surface area contributed by atoms with Crippen LogP contribution in [-0.2, 0) is 16.1 Å².